The minimum absolute atomic E-state index is 0.228. The van der Waals surface area contributed by atoms with Crippen molar-refractivity contribution in [2.75, 3.05) is 4.90 Å². The molecule has 6 rings (SSSR count). The highest BCUT2D eigenvalue weighted by atomic mass is 16.5. The second kappa shape index (κ2) is 7.30. The summed E-state index contributed by atoms with van der Waals surface area (Å²) in [7, 11) is 0. The van der Waals surface area contributed by atoms with Crippen LogP contribution in [0, 0.1) is 32.6 Å². The third-order valence-corrected chi connectivity index (χ3v) is 7.74. The van der Waals surface area contributed by atoms with Crippen LogP contribution in [0.3, 0.4) is 0 Å². The molecule has 0 aromatic heterocycles. The van der Waals surface area contributed by atoms with E-state index >= 15 is 0 Å². The topological polar surface area (TPSA) is 80.8 Å². The second-order valence-corrected chi connectivity index (χ2v) is 9.62. The number of ketones is 2. The van der Waals surface area contributed by atoms with Gasteiger partial charge in [-0.1, -0.05) is 66.2 Å². The molecule has 1 aliphatic carbocycles. The lowest BCUT2D eigenvalue weighted by molar-refractivity contribution is -0.127. The number of carbonyl (C=O) groups is 4. The number of hydrogen-bond acceptors (Lipinski definition) is 5. The number of carbonyl (C=O) groups excluding carboxylic acids is 4. The van der Waals surface area contributed by atoms with E-state index in [2.05, 4.69) is 0 Å². The minimum Gasteiger partial charge on any atom is -0.349 e. The average Bonchev–Trinajstić information content (AvgIpc) is 3.42. The summed E-state index contributed by atoms with van der Waals surface area (Å²) in [6, 6.07) is 19.3. The van der Waals surface area contributed by atoms with Gasteiger partial charge in [0.05, 0.1) is 23.6 Å². The number of hydrogen-bond donors (Lipinski definition) is 0. The van der Waals surface area contributed by atoms with Crippen molar-refractivity contribution in [1.82, 2.24) is 0 Å². The number of amides is 2. The van der Waals surface area contributed by atoms with Gasteiger partial charge in [0.1, 0.15) is 0 Å². The highest BCUT2D eigenvalue weighted by Crippen LogP contribution is 2.57. The van der Waals surface area contributed by atoms with E-state index in [0.717, 1.165) is 21.6 Å². The zero-order valence-corrected chi connectivity index (χ0v) is 19.6. The molecule has 2 fully saturated rings. The lowest BCUT2D eigenvalue weighted by Gasteiger charge is -2.28. The van der Waals surface area contributed by atoms with Gasteiger partial charge in [-0.05, 0) is 43.5 Å². The fourth-order valence-electron chi connectivity index (χ4n) is 5.79. The van der Waals surface area contributed by atoms with Crippen molar-refractivity contribution in [2.45, 2.75) is 32.5 Å². The maximum Gasteiger partial charge on any atom is 0.241 e. The van der Waals surface area contributed by atoms with Crippen LogP contribution in [0.2, 0.25) is 0 Å². The molecule has 3 atom stereocenters. The molecule has 3 aromatic carbocycles. The summed E-state index contributed by atoms with van der Waals surface area (Å²) in [5, 5.41) is 0. The van der Waals surface area contributed by atoms with Gasteiger partial charge in [0.15, 0.2) is 0 Å². The standard InChI is InChI=1S/C29H23NO5/c1-15-11-13-18(14-12-15)24-22-23(28(34)30(27(22)33)21-10-6-7-16(2)17(21)3)29(35-24)25(31)19-8-4-5-9-20(19)26(29)32/h4-14,22-24H,1-3H3/t22-,23+,24+/m0/s1. The Labute approximate surface area is 202 Å². The predicted octanol–water partition coefficient (Wildman–Crippen LogP) is 4.31. The van der Waals surface area contributed by atoms with Gasteiger partial charge >= 0.3 is 0 Å². The Bertz CT molecular complexity index is 1420. The predicted molar refractivity (Wildman–Crippen MR) is 128 cm³/mol. The molecule has 35 heavy (non-hydrogen) atoms. The SMILES string of the molecule is Cc1ccc([C@H]2OC3(C(=O)c4ccccc4C3=O)[C@H]3C(=O)N(c4cccc(C)c4C)C(=O)[C@H]23)cc1. The molecule has 2 aliphatic heterocycles. The van der Waals surface area contributed by atoms with Crippen molar-refractivity contribution < 1.29 is 23.9 Å². The molecule has 3 aromatic rings. The molecule has 6 nitrogen and oxygen atoms in total. The first-order chi connectivity index (χ1) is 16.8. The summed E-state index contributed by atoms with van der Waals surface area (Å²) < 4.78 is 6.32. The molecule has 0 unspecified atom stereocenters. The van der Waals surface area contributed by atoms with E-state index in [4.69, 9.17) is 4.74 Å². The smallest absolute Gasteiger partial charge is 0.241 e. The van der Waals surface area contributed by atoms with E-state index in [0.29, 0.717) is 11.3 Å². The number of fused-ring (bicyclic) bond motifs is 3. The summed E-state index contributed by atoms with van der Waals surface area (Å²) >= 11 is 0. The van der Waals surface area contributed by atoms with Gasteiger partial charge in [0, 0.05) is 11.1 Å². The average molecular weight is 466 g/mol. The number of aryl methyl sites for hydroxylation is 2. The van der Waals surface area contributed by atoms with Crippen molar-refractivity contribution in [3.8, 4) is 0 Å². The molecular formula is C29H23NO5. The normalized spacial score (nSPS) is 24.4. The van der Waals surface area contributed by atoms with E-state index in [-0.39, 0.29) is 11.1 Å². The number of Topliss-reactive ketones (excluding diaryl/α,β-unsaturated/α-hetero) is 2. The number of benzene rings is 3. The van der Waals surface area contributed by atoms with Crippen molar-refractivity contribution in [2.24, 2.45) is 11.8 Å². The van der Waals surface area contributed by atoms with E-state index < -0.39 is 46.9 Å². The number of rotatable bonds is 2. The maximum absolute atomic E-state index is 14.0. The maximum atomic E-state index is 14.0. The first-order valence-electron chi connectivity index (χ1n) is 11.6. The van der Waals surface area contributed by atoms with Gasteiger partial charge in [0.25, 0.3) is 0 Å². The van der Waals surface area contributed by atoms with Crippen LogP contribution in [-0.4, -0.2) is 29.0 Å². The van der Waals surface area contributed by atoms with E-state index in [9.17, 15) is 19.2 Å². The summed E-state index contributed by atoms with van der Waals surface area (Å²) in [6.07, 6.45) is -0.908. The Hall–Kier alpha value is -3.90. The number of anilines is 1. The van der Waals surface area contributed by atoms with Gasteiger partial charge < -0.3 is 4.74 Å². The van der Waals surface area contributed by atoms with Crippen molar-refractivity contribution in [1.29, 1.82) is 0 Å². The fourth-order valence-corrected chi connectivity index (χ4v) is 5.79. The molecule has 0 radical (unpaired) electrons. The summed E-state index contributed by atoms with van der Waals surface area (Å²) in [6.45, 7) is 5.70. The van der Waals surface area contributed by atoms with Gasteiger partial charge in [-0.2, -0.15) is 0 Å². The monoisotopic (exact) mass is 465 g/mol. The molecular weight excluding hydrogens is 442 g/mol. The van der Waals surface area contributed by atoms with Gasteiger partial charge in [-0.25, -0.2) is 4.90 Å². The van der Waals surface area contributed by atoms with Gasteiger partial charge in [0.2, 0.25) is 29.0 Å². The second-order valence-electron chi connectivity index (χ2n) is 9.62. The highest BCUT2D eigenvalue weighted by Gasteiger charge is 2.74. The first kappa shape index (κ1) is 21.6. The molecule has 2 heterocycles. The minimum atomic E-state index is -2.05. The molecule has 3 aliphatic rings. The van der Waals surface area contributed by atoms with Crippen LogP contribution in [0.25, 0.3) is 0 Å². The van der Waals surface area contributed by atoms with Crippen LogP contribution in [-0.2, 0) is 14.3 Å². The number of ether oxygens (including phenoxy) is 1. The molecule has 174 valence electrons. The van der Waals surface area contributed by atoms with E-state index in [1.165, 1.54) is 0 Å². The molecule has 0 N–H and O–H groups in total. The quantitative estimate of drug-likeness (QED) is 0.416. The fraction of sp³-hybridized carbons (Fsp3) is 0.241. The van der Waals surface area contributed by atoms with Crippen molar-refractivity contribution in [3.05, 3.63) is 100 Å². The number of imide groups is 1. The van der Waals surface area contributed by atoms with Crippen LogP contribution in [0.5, 0.6) is 0 Å². The molecule has 0 bridgehead atoms. The highest BCUT2D eigenvalue weighted by molar-refractivity contribution is 6.37. The molecule has 0 saturated carbocycles. The lowest BCUT2D eigenvalue weighted by Crippen LogP contribution is -2.51. The Morgan fingerprint density at radius 2 is 1.37 bits per heavy atom. The Balaban J connectivity index is 1.56. The summed E-state index contributed by atoms with van der Waals surface area (Å²) in [4.78, 5) is 56.7. The van der Waals surface area contributed by atoms with Crippen LogP contribution in [0.1, 0.15) is 49.1 Å². The molecule has 6 heteroatoms. The van der Waals surface area contributed by atoms with Crippen LogP contribution < -0.4 is 4.90 Å². The lowest BCUT2D eigenvalue weighted by atomic mass is 9.77. The third-order valence-electron chi connectivity index (χ3n) is 7.74. The van der Waals surface area contributed by atoms with Crippen molar-refractivity contribution in [3.63, 3.8) is 0 Å². The van der Waals surface area contributed by atoms with E-state index in [1.807, 2.05) is 51.1 Å². The largest absolute Gasteiger partial charge is 0.349 e. The zero-order valence-electron chi connectivity index (χ0n) is 19.6. The first-order valence-corrected chi connectivity index (χ1v) is 11.6. The van der Waals surface area contributed by atoms with Gasteiger partial charge in [-0.3, -0.25) is 19.2 Å². The van der Waals surface area contributed by atoms with Gasteiger partial charge in [-0.15, -0.1) is 0 Å². The molecule has 1 spiro atoms. The Morgan fingerprint density at radius 3 is 2.00 bits per heavy atom. The molecule has 2 amide bonds. The zero-order chi connectivity index (χ0) is 24.6. The van der Waals surface area contributed by atoms with Crippen LogP contribution in [0.15, 0.2) is 66.7 Å². The third kappa shape index (κ3) is 2.68. The molecule has 2 saturated heterocycles. The van der Waals surface area contributed by atoms with Crippen LogP contribution >= 0.6 is 0 Å². The number of nitrogens with zero attached hydrogens (tertiary/aromatic N) is 1. The summed E-state index contributed by atoms with van der Waals surface area (Å²) in [5.41, 5.74) is 2.28. The Morgan fingerprint density at radius 1 is 0.743 bits per heavy atom. The van der Waals surface area contributed by atoms with E-state index in [1.54, 1.807) is 36.4 Å². The van der Waals surface area contributed by atoms with Crippen molar-refractivity contribution >= 4 is 29.1 Å². The Kier molecular flexibility index (Phi) is 4.51. The summed E-state index contributed by atoms with van der Waals surface area (Å²) in [5.74, 6) is -4.36. The van der Waals surface area contributed by atoms with Crippen LogP contribution in [0.4, 0.5) is 5.69 Å².